The third kappa shape index (κ3) is 0.878. The highest BCUT2D eigenvalue weighted by molar-refractivity contribution is 5.00. The van der Waals surface area contributed by atoms with Crippen molar-refractivity contribution in [2.24, 2.45) is 23.2 Å². The summed E-state index contributed by atoms with van der Waals surface area (Å²) in [6, 6.07) is 0. The molecule has 2 fully saturated rings. The van der Waals surface area contributed by atoms with Gasteiger partial charge in [0.15, 0.2) is 0 Å². The summed E-state index contributed by atoms with van der Waals surface area (Å²) in [6.07, 6.45) is 6.01. The molecule has 0 N–H and O–H groups in total. The molecule has 2 bridgehead atoms. The molecular weight excluding hydrogens is 132 g/mol. The first-order valence-corrected chi connectivity index (χ1v) is 5.16. The van der Waals surface area contributed by atoms with Crippen LogP contribution < -0.4 is 0 Å². The minimum Gasteiger partial charge on any atom is -0.0651 e. The summed E-state index contributed by atoms with van der Waals surface area (Å²) in [5.74, 6) is 3.21. The van der Waals surface area contributed by atoms with E-state index in [-0.39, 0.29) is 0 Å². The Kier molecular flexibility index (Phi) is 1.56. The molecule has 0 aromatic rings. The van der Waals surface area contributed by atoms with Crippen LogP contribution in [-0.4, -0.2) is 0 Å². The third-order valence-corrected chi connectivity index (χ3v) is 4.49. The van der Waals surface area contributed by atoms with Gasteiger partial charge in [-0.15, -0.1) is 0 Å². The predicted octanol–water partition coefficient (Wildman–Crippen LogP) is 3.47. The Hall–Kier alpha value is 0. The molecule has 2 aliphatic carbocycles. The standard InChI is InChI=1S/C11H20/c1-4-10-8-5-6-9(7-8)11(10,2)3/h8-10H,4-7H2,1-3H3. The van der Waals surface area contributed by atoms with Gasteiger partial charge in [-0.1, -0.05) is 27.2 Å². The maximum absolute atomic E-state index is 2.49. The van der Waals surface area contributed by atoms with E-state index in [0.717, 1.165) is 17.8 Å². The second-order valence-electron chi connectivity index (χ2n) is 5.11. The van der Waals surface area contributed by atoms with E-state index >= 15 is 0 Å². The first-order valence-electron chi connectivity index (χ1n) is 5.16. The van der Waals surface area contributed by atoms with Crippen LogP contribution in [0.15, 0.2) is 0 Å². The molecule has 3 atom stereocenters. The molecule has 0 heteroatoms. The molecule has 0 heterocycles. The summed E-state index contributed by atoms with van der Waals surface area (Å²) in [5.41, 5.74) is 0.678. The van der Waals surface area contributed by atoms with Crippen molar-refractivity contribution in [3.8, 4) is 0 Å². The van der Waals surface area contributed by atoms with Crippen LogP contribution in [0.4, 0.5) is 0 Å². The van der Waals surface area contributed by atoms with Crippen LogP contribution in [0.3, 0.4) is 0 Å². The van der Waals surface area contributed by atoms with Gasteiger partial charge in [0, 0.05) is 0 Å². The third-order valence-electron chi connectivity index (χ3n) is 4.49. The lowest BCUT2D eigenvalue weighted by Gasteiger charge is -2.37. The minimum atomic E-state index is 0.678. The number of hydrogen-bond acceptors (Lipinski definition) is 0. The lowest BCUT2D eigenvalue weighted by atomic mass is 9.68. The Labute approximate surface area is 70.4 Å². The smallest absolute Gasteiger partial charge is 0.0295 e. The monoisotopic (exact) mass is 152 g/mol. The summed E-state index contributed by atoms with van der Waals surface area (Å²) in [6.45, 7) is 7.35. The number of fused-ring (bicyclic) bond motifs is 2. The van der Waals surface area contributed by atoms with Crippen LogP contribution in [0.5, 0.6) is 0 Å². The first-order chi connectivity index (χ1) is 5.16. The SMILES string of the molecule is CCC1C2CCC(C2)C1(C)C. The second-order valence-corrected chi connectivity index (χ2v) is 5.11. The molecule has 0 amide bonds. The van der Waals surface area contributed by atoms with Crippen molar-refractivity contribution in [2.45, 2.75) is 46.5 Å². The van der Waals surface area contributed by atoms with Crippen LogP contribution >= 0.6 is 0 Å². The van der Waals surface area contributed by atoms with Gasteiger partial charge in [0.05, 0.1) is 0 Å². The highest BCUT2D eigenvalue weighted by atomic mass is 14.6. The van der Waals surface area contributed by atoms with Crippen molar-refractivity contribution in [3.63, 3.8) is 0 Å². The quantitative estimate of drug-likeness (QED) is 0.539. The predicted molar refractivity (Wildman–Crippen MR) is 48.4 cm³/mol. The second kappa shape index (κ2) is 2.24. The summed E-state index contributed by atoms with van der Waals surface area (Å²) in [7, 11) is 0. The Morgan fingerprint density at radius 2 is 2.00 bits per heavy atom. The Bertz CT molecular complexity index is 157. The molecule has 2 saturated carbocycles. The molecule has 11 heavy (non-hydrogen) atoms. The Morgan fingerprint density at radius 1 is 1.27 bits per heavy atom. The van der Waals surface area contributed by atoms with Crippen molar-refractivity contribution in [2.75, 3.05) is 0 Å². The summed E-state index contributed by atoms with van der Waals surface area (Å²) >= 11 is 0. The van der Waals surface area contributed by atoms with Crippen molar-refractivity contribution in [1.82, 2.24) is 0 Å². The number of rotatable bonds is 1. The highest BCUT2D eigenvalue weighted by Gasteiger charge is 2.51. The zero-order valence-corrected chi connectivity index (χ0v) is 8.06. The summed E-state index contributed by atoms with van der Waals surface area (Å²) in [5, 5.41) is 0. The Morgan fingerprint density at radius 3 is 2.36 bits per heavy atom. The van der Waals surface area contributed by atoms with Gasteiger partial charge in [0.1, 0.15) is 0 Å². The molecule has 0 spiro atoms. The van der Waals surface area contributed by atoms with Gasteiger partial charge in [-0.2, -0.15) is 0 Å². The zero-order chi connectivity index (χ0) is 8.06. The van der Waals surface area contributed by atoms with Crippen LogP contribution in [-0.2, 0) is 0 Å². The molecule has 0 radical (unpaired) electrons. The van der Waals surface area contributed by atoms with Gasteiger partial charge in [0.2, 0.25) is 0 Å². The fraction of sp³-hybridized carbons (Fsp3) is 1.00. The normalized spacial score (nSPS) is 46.6. The average molecular weight is 152 g/mol. The largest absolute Gasteiger partial charge is 0.0651 e. The maximum atomic E-state index is 2.49. The van der Waals surface area contributed by atoms with Crippen molar-refractivity contribution in [3.05, 3.63) is 0 Å². The molecule has 0 nitrogen and oxygen atoms in total. The topological polar surface area (TPSA) is 0 Å². The fourth-order valence-corrected chi connectivity index (χ4v) is 3.83. The fourth-order valence-electron chi connectivity index (χ4n) is 3.83. The van der Waals surface area contributed by atoms with Gasteiger partial charge in [-0.3, -0.25) is 0 Å². The van der Waals surface area contributed by atoms with E-state index in [9.17, 15) is 0 Å². The van der Waals surface area contributed by atoms with E-state index in [1.54, 1.807) is 6.42 Å². The lowest BCUT2D eigenvalue weighted by Crippen LogP contribution is -2.29. The van der Waals surface area contributed by atoms with Gasteiger partial charge < -0.3 is 0 Å². The molecule has 0 aromatic heterocycles. The first kappa shape index (κ1) is 7.64. The minimum absolute atomic E-state index is 0.678. The van der Waals surface area contributed by atoms with Gasteiger partial charge >= 0.3 is 0 Å². The van der Waals surface area contributed by atoms with E-state index in [1.165, 1.54) is 19.3 Å². The van der Waals surface area contributed by atoms with Gasteiger partial charge in [0.25, 0.3) is 0 Å². The van der Waals surface area contributed by atoms with E-state index in [4.69, 9.17) is 0 Å². The van der Waals surface area contributed by atoms with Crippen LogP contribution in [0.1, 0.15) is 46.5 Å². The number of hydrogen-bond donors (Lipinski definition) is 0. The summed E-state index contributed by atoms with van der Waals surface area (Å²) < 4.78 is 0. The molecule has 0 aliphatic heterocycles. The molecule has 2 aliphatic rings. The van der Waals surface area contributed by atoms with E-state index in [2.05, 4.69) is 20.8 Å². The molecule has 3 unspecified atom stereocenters. The van der Waals surface area contributed by atoms with Crippen LogP contribution in [0.2, 0.25) is 0 Å². The van der Waals surface area contributed by atoms with E-state index < -0.39 is 0 Å². The molecule has 0 aromatic carbocycles. The Balaban J connectivity index is 2.21. The van der Waals surface area contributed by atoms with Crippen molar-refractivity contribution < 1.29 is 0 Å². The zero-order valence-electron chi connectivity index (χ0n) is 8.06. The van der Waals surface area contributed by atoms with E-state index in [1.807, 2.05) is 0 Å². The average Bonchev–Trinajstić information content (AvgIpc) is 2.44. The van der Waals surface area contributed by atoms with Crippen LogP contribution in [0, 0.1) is 23.2 Å². The van der Waals surface area contributed by atoms with Gasteiger partial charge in [-0.05, 0) is 42.4 Å². The molecule has 0 saturated heterocycles. The van der Waals surface area contributed by atoms with Crippen molar-refractivity contribution >= 4 is 0 Å². The maximum Gasteiger partial charge on any atom is -0.0295 e. The molecular formula is C11H20. The van der Waals surface area contributed by atoms with Crippen LogP contribution in [0.25, 0.3) is 0 Å². The lowest BCUT2D eigenvalue weighted by molar-refractivity contribution is 0.119. The molecule has 64 valence electrons. The summed E-state index contributed by atoms with van der Waals surface area (Å²) in [4.78, 5) is 0. The van der Waals surface area contributed by atoms with E-state index in [0.29, 0.717) is 5.41 Å². The van der Waals surface area contributed by atoms with Gasteiger partial charge in [-0.25, -0.2) is 0 Å². The molecule has 2 rings (SSSR count). The highest BCUT2D eigenvalue weighted by Crippen LogP contribution is 2.60. The van der Waals surface area contributed by atoms with Crippen molar-refractivity contribution in [1.29, 1.82) is 0 Å².